The average molecular weight is 237 g/mol. The Morgan fingerprint density at radius 3 is 2.78 bits per heavy atom. The number of nitrogen functional groups attached to an aromatic ring is 1. The monoisotopic (exact) mass is 237 g/mol. The summed E-state index contributed by atoms with van der Waals surface area (Å²) < 4.78 is 0. The van der Waals surface area contributed by atoms with Gasteiger partial charge in [-0.2, -0.15) is 5.11 Å². The molecule has 5 nitrogen and oxygen atoms in total. The van der Waals surface area contributed by atoms with Gasteiger partial charge in [-0.25, -0.2) is 10.5 Å². The predicted molar refractivity (Wildman–Crippen MR) is 70.7 cm³/mol. The quantitative estimate of drug-likeness (QED) is 0.470. The summed E-state index contributed by atoms with van der Waals surface area (Å²) in [6.45, 7) is 0. The summed E-state index contributed by atoms with van der Waals surface area (Å²) in [5, 5.41) is 3.39. The van der Waals surface area contributed by atoms with Crippen molar-refractivity contribution in [2.75, 3.05) is 5.73 Å². The number of nitrogens with one attached hydrogen (secondary N) is 2. The molecule has 0 saturated heterocycles. The van der Waals surface area contributed by atoms with Crippen molar-refractivity contribution in [3.63, 3.8) is 0 Å². The van der Waals surface area contributed by atoms with Crippen molar-refractivity contribution in [1.29, 1.82) is 5.53 Å². The predicted octanol–water partition coefficient (Wildman–Crippen LogP) is 3.47. The highest BCUT2D eigenvalue weighted by atomic mass is 15.0. The first-order chi connectivity index (χ1) is 8.78. The third-order valence-corrected chi connectivity index (χ3v) is 2.81. The summed E-state index contributed by atoms with van der Waals surface area (Å²) >= 11 is 0. The van der Waals surface area contributed by atoms with Crippen molar-refractivity contribution in [1.82, 2.24) is 9.97 Å². The molecule has 0 amide bonds. The number of nitrogens with two attached hydrogens (primary N) is 1. The van der Waals surface area contributed by atoms with Crippen LogP contribution < -0.4 is 5.73 Å². The minimum atomic E-state index is 0.452. The van der Waals surface area contributed by atoms with Gasteiger partial charge in [-0.05, 0) is 30.3 Å². The van der Waals surface area contributed by atoms with Gasteiger partial charge in [0.05, 0.1) is 16.7 Å². The SMILES string of the molecule is N=Nc1cc(-c2nc3ccccc3[nH]2)ccc1N. The van der Waals surface area contributed by atoms with Gasteiger partial charge in [-0.1, -0.05) is 12.1 Å². The zero-order valence-corrected chi connectivity index (χ0v) is 9.51. The third-order valence-electron chi connectivity index (χ3n) is 2.81. The zero-order valence-electron chi connectivity index (χ0n) is 9.51. The first-order valence-electron chi connectivity index (χ1n) is 5.50. The van der Waals surface area contributed by atoms with E-state index in [9.17, 15) is 0 Å². The number of hydrogen-bond donors (Lipinski definition) is 3. The van der Waals surface area contributed by atoms with E-state index in [2.05, 4.69) is 15.1 Å². The highest BCUT2D eigenvalue weighted by Gasteiger charge is 2.07. The van der Waals surface area contributed by atoms with Crippen molar-refractivity contribution < 1.29 is 0 Å². The smallest absolute Gasteiger partial charge is 0.138 e. The van der Waals surface area contributed by atoms with E-state index < -0.39 is 0 Å². The summed E-state index contributed by atoms with van der Waals surface area (Å²) in [6.07, 6.45) is 0. The molecule has 0 saturated carbocycles. The maximum Gasteiger partial charge on any atom is 0.138 e. The molecule has 1 heterocycles. The summed E-state index contributed by atoms with van der Waals surface area (Å²) in [5.74, 6) is 0.751. The maximum absolute atomic E-state index is 7.07. The van der Waals surface area contributed by atoms with E-state index in [0.717, 1.165) is 22.4 Å². The van der Waals surface area contributed by atoms with Crippen LogP contribution in [-0.2, 0) is 0 Å². The normalized spacial score (nSPS) is 10.7. The van der Waals surface area contributed by atoms with E-state index in [1.807, 2.05) is 30.3 Å². The van der Waals surface area contributed by atoms with Crippen LogP contribution >= 0.6 is 0 Å². The minimum absolute atomic E-state index is 0.452. The highest BCUT2D eigenvalue weighted by molar-refractivity contribution is 5.80. The number of rotatable bonds is 2. The first kappa shape index (κ1) is 10.5. The zero-order chi connectivity index (χ0) is 12.5. The number of benzene rings is 2. The van der Waals surface area contributed by atoms with Crippen LogP contribution in [0.3, 0.4) is 0 Å². The Labute approximate surface area is 103 Å². The number of aromatic nitrogens is 2. The van der Waals surface area contributed by atoms with Gasteiger partial charge >= 0.3 is 0 Å². The van der Waals surface area contributed by atoms with Crippen LogP contribution in [0, 0.1) is 5.53 Å². The van der Waals surface area contributed by atoms with Crippen molar-refractivity contribution in [3.8, 4) is 11.4 Å². The Morgan fingerprint density at radius 2 is 2.00 bits per heavy atom. The van der Waals surface area contributed by atoms with Crippen LogP contribution in [0.1, 0.15) is 0 Å². The van der Waals surface area contributed by atoms with E-state index in [0.29, 0.717) is 11.4 Å². The fourth-order valence-electron chi connectivity index (χ4n) is 1.88. The Hall–Kier alpha value is -2.69. The van der Waals surface area contributed by atoms with E-state index >= 15 is 0 Å². The lowest BCUT2D eigenvalue weighted by molar-refractivity contribution is 1.15. The van der Waals surface area contributed by atoms with Gasteiger partial charge in [0.1, 0.15) is 11.5 Å². The van der Waals surface area contributed by atoms with E-state index in [4.69, 9.17) is 11.3 Å². The maximum atomic E-state index is 7.07. The second-order valence-electron chi connectivity index (χ2n) is 3.99. The van der Waals surface area contributed by atoms with E-state index in [1.54, 1.807) is 12.1 Å². The third kappa shape index (κ3) is 1.62. The van der Waals surface area contributed by atoms with Crippen LogP contribution in [0.25, 0.3) is 22.4 Å². The Morgan fingerprint density at radius 1 is 1.17 bits per heavy atom. The van der Waals surface area contributed by atoms with Crippen LogP contribution in [0.5, 0.6) is 0 Å². The first-order valence-corrected chi connectivity index (χ1v) is 5.50. The Balaban J connectivity index is 2.16. The van der Waals surface area contributed by atoms with Gasteiger partial charge in [0.25, 0.3) is 0 Å². The second kappa shape index (κ2) is 3.96. The van der Waals surface area contributed by atoms with E-state index in [1.165, 1.54) is 0 Å². The Bertz CT molecular complexity index is 696. The molecular formula is C13H11N5. The number of anilines is 1. The molecule has 1 aromatic heterocycles. The molecule has 18 heavy (non-hydrogen) atoms. The summed E-state index contributed by atoms with van der Waals surface area (Å²) in [4.78, 5) is 7.72. The van der Waals surface area contributed by atoms with Gasteiger partial charge < -0.3 is 10.7 Å². The standard InChI is InChI=1S/C13H11N5/c14-9-6-5-8(7-12(9)18-15)13-16-10-3-1-2-4-11(10)17-13/h1-7,15H,14H2,(H,16,17). The number of aromatic amines is 1. The van der Waals surface area contributed by atoms with Crippen LogP contribution in [0.4, 0.5) is 11.4 Å². The summed E-state index contributed by atoms with van der Waals surface area (Å²) in [7, 11) is 0. The number of hydrogen-bond acceptors (Lipinski definition) is 4. The fourth-order valence-corrected chi connectivity index (χ4v) is 1.88. The molecule has 0 aliphatic rings. The topological polar surface area (TPSA) is 90.9 Å². The molecule has 3 rings (SSSR count). The minimum Gasteiger partial charge on any atom is -0.397 e. The van der Waals surface area contributed by atoms with E-state index in [-0.39, 0.29) is 0 Å². The number of imidazole rings is 1. The van der Waals surface area contributed by atoms with Gasteiger partial charge in [0, 0.05) is 5.56 Å². The fraction of sp³-hybridized carbons (Fsp3) is 0. The van der Waals surface area contributed by atoms with Crippen molar-refractivity contribution in [3.05, 3.63) is 42.5 Å². The molecule has 0 bridgehead atoms. The summed E-state index contributed by atoms with van der Waals surface area (Å²) in [5.41, 5.74) is 16.5. The average Bonchev–Trinajstić information content (AvgIpc) is 2.83. The highest BCUT2D eigenvalue weighted by Crippen LogP contribution is 2.28. The van der Waals surface area contributed by atoms with Crippen LogP contribution in [-0.4, -0.2) is 9.97 Å². The molecule has 88 valence electrons. The molecule has 0 radical (unpaired) electrons. The van der Waals surface area contributed by atoms with Gasteiger partial charge in [-0.3, -0.25) is 0 Å². The van der Waals surface area contributed by atoms with Crippen molar-refractivity contribution in [2.45, 2.75) is 0 Å². The molecule has 0 spiro atoms. The lowest BCUT2D eigenvalue weighted by Gasteiger charge is -2.01. The number of nitrogens with zero attached hydrogens (tertiary/aromatic N) is 2. The van der Waals surface area contributed by atoms with Gasteiger partial charge in [-0.15, -0.1) is 0 Å². The number of H-pyrrole nitrogens is 1. The van der Waals surface area contributed by atoms with Gasteiger partial charge in [0.2, 0.25) is 0 Å². The molecule has 3 aromatic rings. The largest absolute Gasteiger partial charge is 0.397 e. The molecule has 0 atom stereocenters. The lowest BCUT2D eigenvalue weighted by Crippen LogP contribution is -1.86. The molecule has 0 fully saturated rings. The molecule has 2 aromatic carbocycles. The molecule has 0 aliphatic carbocycles. The molecule has 4 N–H and O–H groups in total. The number of fused-ring (bicyclic) bond motifs is 1. The molecule has 0 aliphatic heterocycles. The van der Waals surface area contributed by atoms with Crippen molar-refractivity contribution >= 4 is 22.4 Å². The second-order valence-corrected chi connectivity index (χ2v) is 3.99. The summed E-state index contributed by atoms with van der Waals surface area (Å²) in [6, 6.07) is 13.2. The lowest BCUT2D eigenvalue weighted by atomic mass is 10.1. The molecule has 0 unspecified atom stereocenters. The van der Waals surface area contributed by atoms with Crippen molar-refractivity contribution in [2.24, 2.45) is 5.11 Å². The molecular weight excluding hydrogens is 226 g/mol. The van der Waals surface area contributed by atoms with Crippen LogP contribution in [0.15, 0.2) is 47.6 Å². The van der Waals surface area contributed by atoms with Crippen LogP contribution in [0.2, 0.25) is 0 Å². The number of para-hydroxylation sites is 2. The molecule has 5 heteroatoms. The Kier molecular flexibility index (Phi) is 2.30. The van der Waals surface area contributed by atoms with Gasteiger partial charge in [0.15, 0.2) is 0 Å².